The molecule has 2 heterocycles. The minimum absolute atomic E-state index is 0.0792. The summed E-state index contributed by atoms with van der Waals surface area (Å²) in [6, 6.07) is 0. The van der Waals surface area contributed by atoms with E-state index < -0.39 is 0 Å². The van der Waals surface area contributed by atoms with Crippen molar-refractivity contribution >= 4 is 18.3 Å². The fraction of sp³-hybridized carbons (Fsp3) is 0.556. The summed E-state index contributed by atoms with van der Waals surface area (Å²) in [7, 11) is 0. The van der Waals surface area contributed by atoms with Crippen molar-refractivity contribution in [3.8, 4) is 0 Å². The van der Waals surface area contributed by atoms with Crippen molar-refractivity contribution in [2.24, 2.45) is 0 Å². The van der Waals surface area contributed by atoms with Gasteiger partial charge in [-0.15, -0.1) is 0 Å². The molecule has 1 aromatic rings. The molecule has 7 heteroatoms. The molecule has 1 aliphatic heterocycles. The Kier molecular flexibility index (Phi) is 5.98. The summed E-state index contributed by atoms with van der Waals surface area (Å²) in [6.45, 7) is 3.06. The molecule has 2 aliphatic rings. The number of nitrogens with one attached hydrogen (secondary N) is 1. The maximum Gasteiger partial charge on any atom is 0.257 e. The van der Waals surface area contributed by atoms with Gasteiger partial charge in [-0.25, -0.2) is 9.97 Å². The third-order valence-corrected chi connectivity index (χ3v) is 4.76. The Bertz CT molecular complexity index is 621. The zero-order chi connectivity index (χ0) is 17.5. The van der Waals surface area contributed by atoms with E-state index in [2.05, 4.69) is 21.4 Å². The molecule has 1 N–H and O–H groups in total. The highest BCUT2D eigenvalue weighted by atomic mass is 16.2. The second-order valence-electron chi connectivity index (χ2n) is 6.51. The quantitative estimate of drug-likeness (QED) is 0.628. The third kappa shape index (κ3) is 4.78. The normalized spacial score (nSPS) is 17.8. The second-order valence-corrected chi connectivity index (χ2v) is 6.51. The summed E-state index contributed by atoms with van der Waals surface area (Å²) in [5, 5.41) is 3.22. The van der Waals surface area contributed by atoms with Gasteiger partial charge in [0.1, 0.15) is 0 Å². The number of anilines is 1. The van der Waals surface area contributed by atoms with Crippen LogP contribution in [0.3, 0.4) is 0 Å². The Labute approximate surface area is 148 Å². The number of hydrogen-bond acceptors (Lipinski definition) is 5. The minimum atomic E-state index is -0.0792. The Balaban J connectivity index is 1.47. The van der Waals surface area contributed by atoms with Crippen molar-refractivity contribution in [3.63, 3.8) is 0 Å². The van der Waals surface area contributed by atoms with Gasteiger partial charge in [-0.3, -0.25) is 9.59 Å². The van der Waals surface area contributed by atoms with E-state index in [0.717, 1.165) is 19.4 Å². The molecule has 0 saturated carbocycles. The molecule has 0 unspecified atom stereocenters. The van der Waals surface area contributed by atoms with Gasteiger partial charge >= 0.3 is 0 Å². The van der Waals surface area contributed by atoms with Gasteiger partial charge < -0.3 is 15.1 Å². The molecule has 0 spiro atoms. The van der Waals surface area contributed by atoms with Gasteiger partial charge in [0.25, 0.3) is 5.91 Å². The van der Waals surface area contributed by atoms with E-state index >= 15 is 0 Å². The lowest BCUT2D eigenvalue weighted by molar-refractivity contribution is -0.119. The lowest BCUT2D eigenvalue weighted by Gasteiger charge is -2.32. The standard InChI is InChI=1S/C18H25N5O2/c24-14-22-8-10-23(11-9-22)17(25)16-12-20-18(21-13-16)19-7-6-15-4-2-1-3-5-15/h4,12-14H,1-3,5-11H2,(H,19,20,21). The van der Waals surface area contributed by atoms with Crippen LogP contribution in [0, 0.1) is 0 Å². The average Bonchev–Trinajstić information content (AvgIpc) is 2.69. The second kappa shape index (κ2) is 8.60. The Morgan fingerprint density at radius 2 is 1.92 bits per heavy atom. The Morgan fingerprint density at radius 3 is 2.56 bits per heavy atom. The van der Waals surface area contributed by atoms with Crippen molar-refractivity contribution in [2.75, 3.05) is 38.0 Å². The SMILES string of the molecule is O=CN1CCN(C(=O)c2cnc(NCCC3=CCCCC3)nc2)CC1. The number of allylic oxidation sites excluding steroid dienone is 1. The molecule has 3 rings (SSSR count). The first-order valence-electron chi connectivity index (χ1n) is 8.99. The average molecular weight is 343 g/mol. The van der Waals surface area contributed by atoms with Crippen LogP contribution < -0.4 is 5.32 Å². The van der Waals surface area contributed by atoms with E-state index in [1.54, 1.807) is 22.2 Å². The highest BCUT2D eigenvalue weighted by Crippen LogP contribution is 2.19. The highest BCUT2D eigenvalue weighted by molar-refractivity contribution is 5.93. The summed E-state index contributed by atoms with van der Waals surface area (Å²) in [5.74, 6) is 0.475. The summed E-state index contributed by atoms with van der Waals surface area (Å²) in [4.78, 5) is 35.1. The minimum Gasteiger partial charge on any atom is -0.354 e. The molecule has 134 valence electrons. The van der Waals surface area contributed by atoms with Crippen molar-refractivity contribution in [2.45, 2.75) is 32.1 Å². The number of hydrogen-bond donors (Lipinski definition) is 1. The van der Waals surface area contributed by atoms with Crippen molar-refractivity contribution in [1.82, 2.24) is 19.8 Å². The molecule has 1 aromatic heterocycles. The van der Waals surface area contributed by atoms with E-state index in [1.807, 2.05) is 0 Å². The van der Waals surface area contributed by atoms with Gasteiger partial charge in [-0.05, 0) is 32.1 Å². The predicted octanol–water partition coefficient (Wildman–Crippen LogP) is 1.69. The first-order chi connectivity index (χ1) is 12.3. The number of carbonyl (C=O) groups is 2. The van der Waals surface area contributed by atoms with Crippen molar-refractivity contribution in [1.29, 1.82) is 0 Å². The molecule has 0 aromatic carbocycles. The molecule has 1 aliphatic carbocycles. The molecule has 0 bridgehead atoms. The molecule has 0 atom stereocenters. The molecular weight excluding hydrogens is 318 g/mol. The molecule has 7 nitrogen and oxygen atoms in total. The first kappa shape index (κ1) is 17.4. The third-order valence-electron chi connectivity index (χ3n) is 4.76. The number of carbonyl (C=O) groups excluding carboxylic acids is 2. The van der Waals surface area contributed by atoms with Crippen LogP contribution in [-0.2, 0) is 4.79 Å². The van der Waals surface area contributed by atoms with Crippen LogP contribution in [0.25, 0.3) is 0 Å². The summed E-state index contributed by atoms with van der Waals surface area (Å²) in [5.41, 5.74) is 2.00. The zero-order valence-electron chi connectivity index (χ0n) is 14.5. The number of rotatable bonds is 6. The Hall–Kier alpha value is -2.44. The lowest BCUT2D eigenvalue weighted by atomic mass is 9.97. The maximum absolute atomic E-state index is 12.4. The van der Waals surface area contributed by atoms with Crippen LogP contribution in [0.4, 0.5) is 5.95 Å². The molecule has 0 radical (unpaired) electrons. The van der Waals surface area contributed by atoms with Crippen LogP contribution >= 0.6 is 0 Å². The summed E-state index contributed by atoms with van der Waals surface area (Å²) in [6.07, 6.45) is 12.3. The number of amides is 2. The lowest BCUT2D eigenvalue weighted by Crippen LogP contribution is -2.48. The topological polar surface area (TPSA) is 78.4 Å². The molecule has 2 amide bonds. The smallest absolute Gasteiger partial charge is 0.257 e. The molecule has 1 saturated heterocycles. The molecule has 25 heavy (non-hydrogen) atoms. The molecule has 1 fully saturated rings. The fourth-order valence-corrected chi connectivity index (χ4v) is 3.21. The van der Waals surface area contributed by atoms with E-state index in [1.165, 1.54) is 31.3 Å². The van der Waals surface area contributed by atoms with Crippen molar-refractivity contribution in [3.05, 3.63) is 29.6 Å². The van der Waals surface area contributed by atoms with E-state index in [9.17, 15) is 9.59 Å². The maximum atomic E-state index is 12.4. The van der Waals surface area contributed by atoms with Crippen LogP contribution in [0.2, 0.25) is 0 Å². The highest BCUT2D eigenvalue weighted by Gasteiger charge is 2.21. The molecular formula is C18H25N5O2. The van der Waals surface area contributed by atoms with Crippen LogP contribution in [0.5, 0.6) is 0 Å². The van der Waals surface area contributed by atoms with Crippen LogP contribution in [0.1, 0.15) is 42.5 Å². The predicted molar refractivity (Wildman–Crippen MR) is 95.2 cm³/mol. The Morgan fingerprint density at radius 1 is 1.16 bits per heavy atom. The summed E-state index contributed by atoms with van der Waals surface area (Å²) >= 11 is 0. The van der Waals surface area contributed by atoms with Gasteiger partial charge in [0.15, 0.2) is 0 Å². The van der Waals surface area contributed by atoms with Gasteiger partial charge in [0, 0.05) is 45.1 Å². The van der Waals surface area contributed by atoms with Crippen LogP contribution in [-0.4, -0.2) is 64.8 Å². The number of nitrogens with zero attached hydrogens (tertiary/aromatic N) is 4. The number of piperazine rings is 1. The van der Waals surface area contributed by atoms with E-state index in [4.69, 9.17) is 0 Å². The van der Waals surface area contributed by atoms with Crippen LogP contribution in [0.15, 0.2) is 24.0 Å². The monoisotopic (exact) mass is 343 g/mol. The van der Waals surface area contributed by atoms with Gasteiger partial charge in [-0.2, -0.15) is 0 Å². The van der Waals surface area contributed by atoms with E-state index in [0.29, 0.717) is 37.7 Å². The zero-order valence-corrected chi connectivity index (χ0v) is 14.5. The van der Waals surface area contributed by atoms with E-state index in [-0.39, 0.29) is 5.91 Å². The fourth-order valence-electron chi connectivity index (χ4n) is 3.21. The first-order valence-corrected chi connectivity index (χ1v) is 8.99. The van der Waals surface area contributed by atoms with Gasteiger partial charge in [0.2, 0.25) is 12.4 Å². The van der Waals surface area contributed by atoms with Gasteiger partial charge in [0.05, 0.1) is 5.56 Å². The van der Waals surface area contributed by atoms with Gasteiger partial charge in [-0.1, -0.05) is 11.6 Å². The number of aromatic nitrogens is 2. The van der Waals surface area contributed by atoms with Crippen molar-refractivity contribution < 1.29 is 9.59 Å². The largest absolute Gasteiger partial charge is 0.354 e. The summed E-state index contributed by atoms with van der Waals surface area (Å²) < 4.78 is 0.